The zero-order valence-corrected chi connectivity index (χ0v) is 11.8. The molecule has 4 nitrogen and oxygen atoms in total. The molecule has 0 amide bonds. The van der Waals surface area contributed by atoms with Crippen LogP contribution in [0, 0.1) is 23.2 Å². The van der Waals surface area contributed by atoms with Crippen molar-refractivity contribution < 1.29 is 0 Å². The summed E-state index contributed by atoms with van der Waals surface area (Å²) in [7, 11) is 0. The zero-order valence-electron chi connectivity index (χ0n) is 11.8. The maximum Gasteiger partial charge on any atom is 0.201 e. The average molecular weight is 268 g/mol. The van der Waals surface area contributed by atoms with Gasteiger partial charge < -0.3 is 10.3 Å². The standard InChI is InChI=1S/C16H20N4/c1-11-5-7-12(8-6-11)10-20-14-4-2-3-13(9-17)15(14)19-16(20)18/h2-4,11-12H,5-8,10H2,1H3,(H2,18,19). The highest BCUT2D eigenvalue weighted by Gasteiger charge is 2.21. The van der Waals surface area contributed by atoms with E-state index in [4.69, 9.17) is 11.0 Å². The zero-order chi connectivity index (χ0) is 14.1. The van der Waals surface area contributed by atoms with Crippen molar-refractivity contribution in [1.82, 2.24) is 9.55 Å². The Morgan fingerprint density at radius 2 is 2.10 bits per heavy atom. The molecule has 0 spiro atoms. The molecule has 2 N–H and O–H groups in total. The first-order chi connectivity index (χ1) is 9.69. The van der Waals surface area contributed by atoms with E-state index in [9.17, 15) is 0 Å². The van der Waals surface area contributed by atoms with Gasteiger partial charge in [-0.2, -0.15) is 5.26 Å². The molecule has 0 atom stereocenters. The molecule has 2 aromatic rings. The van der Waals surface area contributed by atoms with Crippen molar-refractivity contribution in [2.45, 2.75) is 39.2 Å². The van der Waals surface area contributed by atoms with E-state index >= 15 is 0 Å². The maximum absolute atomic E-state index is 9.15. The van der Waals surface area contributed by atoms with Crippen molar-refractivity contribution in [3.05, 3.63) is 23.8 Å². The van der Waals surface area contributed by atoms with Gasteiger partial charge >= 0.3 is 0 Å². The van der Waals surface area contributed by atoms with Crippen LogP contribution in [0.4, 0.5) is 5.95 Å². The number of hydrogen-bond acceptors (Lipinski definition) is 3. The van der Waals surface area contributed by atoms with Gasteiger partial charge in [-0.1, -0.05) is 25.8 Å². The average Bonchev–Trinajstić information content (AvgIpc) is 2.77. The van der Waals surface area contributed by atoms with Gasteiger partial charge in [-0.3, -0.25) is 0 Å². The number of imidazole rings is 1. The molecule has 104 valence electrons. The smallest absolute Gasteiger partial charge is 0.201 e. The Kier molecular flexibility index (Phi) is 3.35. The van der Waals surface area contributed by atoms with E-state index in [1.807, 2.05) is 12.1 Å². The molecule has 1 aliphatic carbocycles. The van der Waals surface area contributed by atoms with Gasteiger partial charge in [0.25, 0.3) is 0 Å². The Labute approximate surface area is 119 Å². The fourth-order valence-electron chi connectivity index (χ4n) is 3.22. The number of anilines is 1. The lowest BCUT2D eigenvalue weighted by molar-refractivity contribution is 0.267. The van der Waals surface area contributed by atoms with Crippen LogP contribution in [0.1, 0.15) is 38.2 Å². The summed E-state index contributed by atoms with van der Waals surface area (Å²) in [6.45, 7) is 3.25. The van der Waals surface area contributed by atoms with Crippen LogP contribution in [-0.2, 0) is 6.54 Å². The normalized spacial score (nSPS) is 22.8. The molecular formula is C16H20N4. The predicted octanol–water partition coefficient (Wildman–Crippen LogP) is 3.32. The van der Waals surface area contributed by atoms with Crippen molar-refractivity contribution in [2.75, 3.05) is 5.73 Å². The third kappa shape index (κ3) is 2.24. The van der Waals surface area contributed by atoms with Crippen LogP contribution in [0.25, 0.3) is 11.0 Å². The Balaban J connectivity index is 1.92. The maximum atomic E-state index is 9.15. The molecule has 1 fully saturated rings. The quantitative estimate of drug-likeness (QED) is 0.908. The van der Waals surface area contributed by atoms with Crippen LogP contribution >= 0.6 is 0 Å². The summed E-state index contributed by atoms with van der Waals surface area (Å²) in [5.41, 5.74) is 8.39. The summed E-state index contributed by atoms with van der Waals surface area (Å²) in [4.78, 5) is 4.38. The summed E-state index contributed by atoms with van der Waals surface area (Å²) in [5, 5.41) is 9.15. The van der Waals surface area contributed by atoms with Gasteiger partial charge in [-0.25, -0.2) is 4.98 Å². The van der Waals surface area contributed by atoms with Gasteiger partial charge in [0.1, 0.15) is 11.6 Å². The minimum absolute atomic E-state index is 0.529. The topological polar surface area (TPSA) is 67.6 Å². The Hall–Kier alpha value is -2.02. The summed E-state index contributed by atoms with van der Waals surface area (Å²) in [5.74, 6) is 2.06. The highest BCUT2D eigenvalue weighted by molar-refractivity contribution is 5.83. The largest absolute Gasteiger partial charge is 0.369 e. The number of para-hydroxylation sites is 1. The number of nitrogens with two attached hydrogens (primary N) is 1. The van der Waals surface area contributed by atoms with E-state index in [1.165, 1.54) is 25.7 Å². The molecule has 1 heterocycles. The van der Waals surface area contributed by atoms with Gasteiger partial charge in [0, 0.05) is 6.54 Å². The van der Waals surface area contributed by atoms with Crippen LogP contribution in [0.15, 0.2) is 18.2 Å². The second kappa shape index (κ2) is 5.16. The SMILES string of the molecule is CC1CCC(Cn2c(N)nc3c(C#N)cccc32)CC1. The van der Waals surface area contributed by atoms with Gasteiger partial charge in [0.15, 0.2) is 0 Å². The first-order valence-corrected chi connectivity index (χ1v) is 7.34. The van der Waals surface area contributed by atoms with Crippen molar-refractivity contribution in [3.63, 3.8) is 0 Å². The minimum atomic E-state index is 0.529. The summed E-state index contributed by atoms with van der Waals surface area (Å²) in [6.07, 6.45) is 5.14. The van der Waals surface area contributed by atoms with Crippen molar-refractivity contribution >= 4 is 17.0 Å². The summed E-state index contributed by atoms with van der Waals surface area (Å²) in [6, 6.07) is 7.89. The first-order valence-electron chi connectivity index (χ1n) is 7.34. The number of benzene rings is 1. The van der Waals surface area contributed by atoms with Gasteiger partial charge in [-0.15, -0.1) is 0 Å². The fraction of sp³-hybridized carbons (Fsp3) is 0.500. The molecular weight excluding hydrogens is 248 g/mol. The summed E-state index contributed by atoms with van der Waals surface area (Å²) < 4.78 is 2.08. The van der Waals surface area contributed by atoms with Crippen LogP contribution < -0.4 is 5.73 Å². The molecule has 4 heteroatoms. The predicted molar refractivity (Wildman–Crippen MR) is 80.0 cm³/mol. The van der Waals surface area contributed by atoms with E-state index in [-0.39, 0.29) is 0 Å². The molecule has 0 bridgehead atoms. The number of nitrogens with zero attached hydrogens (tertiary/aromatic N) is 3. The molecule has 1 aromatic carbocycles. The number of rotatable bonds is 2. The first kappa shape index (κ1) is 13.0. The molecule has 0 saturated heterocycles. The number of aromatic nitrogens is 2. The second-order valence-electron chi connectivity index (χ2n) is 5.99. The molecule has 0 aliphatic heterocycles. The van der Waals surface area contributed by atoms with Gasteiger partial charge in [0.05, 0.1) is 11.1 Å². The highest BCUT2D eigenvalue weighted by atomic mass is 15.2. The third-order valence-electron chi connectivity index (χ3n) is 4.51. The van der Waals surface area contributed by atoms with Crippen LogP contribution in [0.5, 0.6) is 0 Å². The molecule has 3 rings (SSSR count). The van der Waals surface area contributed by atoms with Gasteiger partial charge in [0.2, 0.25) is 5.95 Å². The fourth-order valence-corrected chi connectivity index (χ4v) is 3.22. The number of fused-ring (bicyclic) bond motifs is 1. The van der Waals surface area contributed by atoms with Crippen molar-refractivity contribution in [2.24, 2.45) is 11.8 Å². The molecule has 0 radical (unpaired) electrons. The number of nitrogen functional groups attached to an aromatic ring is 1. The summed E-state index contributed by atoms with van der Waals surface area (Å²) >= 11 is 0. The molecule has 1 saturated carbocycles. The van der Waals surface area contributed by atoms with E-state index in [0.29, 0.717) is 17.4 Å². The third-order valence-corrected chi connectivity index (χ3v) is 4.51. The van der Waals surface area contributed by atoms with E-state index in [2.05, 4.69) is 22.5 Å². The molecule has 1 aliphatic rings. The Morgan fingerprint density at radius 1 is 1.35 bits per heavy atom. The van der Waals surface area contributed by atoms with Crippen molar-refractivity contribution in [1.29, 1.82) is 5.26 Å². The van der Waals surface area contributed by atoms with E-state index in [0.717, 1.165) is 23.5 Å². The lowest BCUT2D eigenvalue weighted by Crippen LogP contribution is -2.18. The van der Waals surface area contributed by atoms with Crippen LogP contribution in [0.3, 0.4) is 0 Å². The highest BCUT2D eigenvalue weighted by Crippen LogP contribution is 2.31. The number of nitriles is 1. The van der Waals surface area contributed by atoms with E-state index < -0.39 is 0 Å². The van der Waals surface area contributed by atoms with Crippen LogP contribution in [0.2, 0.25) is 0 Å². The second-order valence-corrected chi connectivity index (χ2v) is 5.99. The molecule has 1 aromatic heterocycles. The van der Waals surface area contributed by atoms with Crippen molar-refractivity contribution in [3.8, 4) is 6.07 Å². The molecule has 0 unspecified atom stereocenters. The van der Waals surface area contributed by atoms with Crippen LogP contribution in [-0.4, -0.2) is 9.55 Å². The minimum Gasteiger partial charge on any atom is -0.369 e. The Bertz CT molecular complexity index is 657. The van der Waals surface area contributed by atoms with E-state index in [1.54, 1.807) is 6.07 Å². The monoisotopic (exact) mass is 268 g/mol. The number of hydrogen-bond donors (Lipinski definition) is 1. The molecule has 20 heavy (non-hydrogen) atoms. The van der Waals surface area contributed by atoms with Gasteiger partial charge in [-0.05, 0) is 36.8 Å². The Morgan fingerprint density at radius 3 is 2.80 bits per heavy atom. The lowest BCUT2D eigenvalue weighted by Gasteiger charge is -2.26. The lowest BCUT2D eigenvalue weighted by atomic mass is 9.83.